The summed E-state index contributed by atoms with van der Waals surface area (Å²) in [5, 5.41) is 18.7. The molecule has 0 saturated carbocycles. The van der Waals surface area contributed by atoms with Gasteiger partial charge in [0.15, 0.2) is 0 Å². The van der Waals surface area contributed by atoms with Gasteiger partial charge in [0.2, 0.25) is 0 Å². The van der Waals surface area contributed by atoms with Crippen molar-refractivity contribution in [1.82, 2.24) is 15.2 Å². The SMILES string of the molecule is O=C(N/N=C\c1cn(-c2ccccc2)nc1-c1ccc(Cl)cc1)c1ccc(O)cc1. The molecule has 148 valence electrons. The Kier molecular flexibility index (Phi) is 5.59. The molecule has 0 bridgehead atoms. The van der Waals surface area contributed by atoms with Crippen molar-refractivity contribution in [3.05, 3.63) is 101 Å². The van der Waals surface area contributed by atoms with E-state index in [2.05, 4.69) is 15.6 Å². The van der Waals surface area contributed by atoms with Crippen molar-refractivity contribution in [2.45, 2.75) is 0 Å². The van der Waals surface area contributed by atoms with E-state index in [4.69, 9.17) is 11.6 Å². The summed E-state index contributed by atoms with van der Waals surface area (Å²) in [4.78, 5) is 12.2. The number of nitrogens with zero attached hydrogens (tertiary/aromatic N) is 3. The maximum Gasteiger partial charge on any atom is 0.271 e. The number of aromatic nitrogens is 2. The zero-order valence-corrected chi connectivity index (χ0v) is 16.5. The summed E-state index contributed by atoms with van der Waals surface area (Å²) >= 11 is 6.01. The van der Waals surface area contributed by atoms with Gasteiger partial charge in [-0.05, 0) is 48.5 Å². The van der Waals surface area contributed by atoms with E-state index in [-0.39, 0.29) is 11.7 Å². The number of para-hydroxylation sites is 1. The molecule has 2 N–H and O–H groups in total. The largest absolute Gasteiger partial charge is 0.508 e. The third-order valence-corrected chi connectivity index (χ3v) is 4.63. The molecule has 6 nitrogen and oxygen atoms in total. The van der Waals surface area contributed by atoms with Crippen molar-refractivity contribution in [1.29, 1.82) is 0 Å². The van der Waals surface area contributed by atoms with Gasteiger partial charge in [-0.2, -0.15) is 10.2 Å². The highest BCUT2D eigenvalue weighted by Gasteiger charge is 2.11. The first-order valence-electron chi connectivity index (χ1n) is 9.13. The Hall–Kier alpha value is -3.90. The van der Waals surface area contributed by atoms with Gasteiger partial charge in [-0.15, -0.1) is 0 Å². The topological polar surface area (TPSA) is 79.5 Å². The third kappa shape index (κ3) is 4.39. The van der Waals surface area contributed by atoms with Gasteiger partial charge in [-0.25, -0.2) is 10.1 Å². The lowest BCUT2D eigenvalue weighted by Crippen LogP contribution is -2.17. The molecule has 0 saturated heterocycles. The number of hydrogen-bond acceptors (Lipinski definition) is 4. The fourth-order valence-electron chi connectivity index (χ4n) is 2.86. The number of phenolic OH excluding ortho intramolecular Hbond substituents is 1. The number of aromatic hydroxyl groups is 1. The molecule has 7 heteroatoms. The van der Waals surface area contributed by atoms with Crippen molar-refractivity contribution >= 4 is 23.7 Å². The highest BCUT2D eigenvalue weighted by molar-refractivity contribution is 6.30. The highest BCUT2D eigenvalue weighted by atomic mass is 35.5. The summed E-state index contributed by atoms with van der Waals surface area (Å²) in [7, 11) is 0. The molecule has 0 aliphatic rings. The van der Waals surface area contributed by atoms with Crippen LogP contribution < -0.4 is 5.43 Å². The molecule has 0 atom stereocenters. The van der Waals surface area contributed by atoms with Crippen LogP contribution in [0, 0.1) is 0 Å². The smallest absolute Gasteiger partial charge is 0.271 e. The highest BCUT2D eigenvalue weighted by Crippen LogP contribution is 2.24. The predicted molar refractivity (Wildman–Crippen MR) is 117 cm³/mol. The monoisotopic (exact) mass is 416 g/mol. The van der Waals surface area contributed by atoms with Crippen LogP contribution in [0.4, 0.5) is 0 Å². The molecule has 1 heterocycles. The molecule has 1 aromatic heterocycles. The molecule has 30 heavy (non-hydrogen) atoms. The Morgan fingerprint density at radius 2 is 1.70 bits per heavy atom. The van der Waals surface area contributed by atoms with Crippen LogP contribution in [0.5, 0.6) is 5.75 Å². The molecule has 3 aromatic carbocycles. The van der Waals surface area contributed by atoms with Crippen molar-refractivity contribution in [2.24, 2.45) is 5.10 Å². The first-order chi connectivity index (χ1) is 14.6. The van der Waals surface area contributed by atoms with Gasteiger partial charge in [0.1, 0.15) is 11.4 Å². The van der Waals surface area contributed by atoms with Crippen molar-refractivity contribution in [2.75, 3.05) is 0 Å². The second kappa shape index (κ2) is 8.63. The number of benzene rings is 3. The molecular formula is C23H17ClN4O2. The van der Waals surface area contributed by atoms with Gasteiger partial charge in [-0.1, -0.05) is 41.9 Å². The first kappa shape index (κ1) is 19.4. The van der Waals surface area contributed by atoms with Gasteiger partial charge in [-0.3, -0.25) is 4.79 Å². The van der Waals surface area contributed by atoms with Crippen LogP contribution in [0.1, 0.15) is 15.9 Å². The summed E-state index contributed by atoms with van der Waals surface area (Å²) in [6.45, 7) is 0. The van der Waals surface area contributed by atoms with Crippen LogP contribution in [0.2, 0.25) is 5.02 Å². The first-order valence-corrected chi connectivity index (χ1v) is 9.51. The average molecular weight is 417 g/mol. The van der Waals surface area contributed by atoms with Gasteiger partial charge < -0.3 is 5.11 Å². The number of hydrazone groups is 1. The second-order valence-corrected chi connectivity index (χ2v) is 6.90. The lowest BCUT2D eigenvalue weighted by Gasteiger charge is -2.01. The molecule has 4 aromatic rings. The normalized spacial score (nSPS) is 11.0. The van der Waals surface area contributed by atoms with Crippen LogP contribution >= 0.6 is 11.6 Å². The Morgan fingerprint density at radius 3 is 2.40 bits per heavy atom. The molecule has 4 rings (SSSR count). The predicted octanol–water partition coefficient (Wildman–Crippen LogP) is 4.66. The van der Waals surface area contributed by atoms with Crippen LogP contribution in [0.3, 0.4) is 0 Å². The van der Waals surface area contributed by atoms with E-state index < -0.39 is 0 Å². The number of nitrogens with one attached hydrogen (secondary N) is 1. The maximum atomic E-state index is 12.2. The summed E-state index contributed by atoms with van der Waals surface area (Å²) in [6, 6.07) is 23.0. The number of amides is 1. The fourth-order valence-corrected chi connectivity index (χ4v) is 2.99. The number of carbonyl (C=O) groups is 1. The minimum Gasteiger partial charge on any atom is -0.508 e. The molecule has 1 amide bonds. The summed E-state index contributed by atoms with van der Waals surface area (Å²) < 4.78 is 1.76. The van der Waals surface area contributed by atoms with Gasteiger partial charge in [0.25, 0.3) is 5.91 Å². The number of phenols is 1. The minimum absolute atomic E-state index is 0.0935. The maximum absolute atomic E-state index is 12.2. The number of hydrogen-bond donors (Lipinski definition) is 2. The Labute approximate surface area is 178 Å². The molecule has 0 radical (unpaired) electrons. The Bertz CT molecular complexity index is 1180. The zero-order valence-electron chi connectivity index (χ0n) is 15.7. The van der Waals surface area contributed by atoms with Crippen LogP contribution in [0.25, 0.3) is 16.9 Å². The van der Waals surface area contributed by atoms with Crippen molar-refractivity contribution in [3.8, 4) is 22.7 Å². The molecule has 0 spiro atoms. The third-order valence-electron chi connectivity index (χ3n) is 4.38. The van der Waals surface area contributed by atoms with E-state index >= 15 is 0 Å². The fraction of sp³-hybridized carbons (Fsp3) is 0. The summed E-state index contributed by atoms with van der Waals surface area (Å²) in [5.41, 5.74) is 6.10. The minimum atomic E-state index is -0.380. The van der Waals surface area contributed by atoms with Crippen molar-refractivity contribution < 1.29 is 9.90 Å². The van der Waals surface area contributed by atoms with E-state index in [0.717, 1.165) is 16.8 Å². The van der Waals surface area contributed by atoms with Gasteiger partial charge in [0.05, 0.1) is 11.9 Å². The lowest BCUT2D eigenvalue weighted by molar-refractivity contribution is 0.0955. The van der Waals surface area contributed by atoms with Crippen LogP contribution in [-0.4, -0.2) is 27.0 Å². The second-order valence-electron chi connectivity index (χ2n) is 6.47. The summed E-state index contributed by atoms with van der Waals surface area (Å²) in [6.07, 6.45) is 3.39. The van der Waals surface area contributed by atoms with E-state index in [1.807, 2.05) is 48.7 Å². The van der Waals surface area contributed by atoms with Gasteiger partial charge in [0, 0.05) is 27.9 Å². The van der Waals surface area contributed by atoms with Crippen LogP contribution in [-0.2, 0) is 0 Å². The number of halogens is 1. The molecule has 0 fully saturated rings. The standard InChI is InChI=1S/C23H17ClN4O2/c24-19-10-6-16(7-11-19)22-18(15-28(27-22)20-4-2-1-3-5-20)14-25-26-23(30)17-8-12-21(29)13-9-17/h1-15,29H,(H,26,30)/b25-14-. The Balaban J connectivity index is 1.63. The van der Waals surface area contributed by atoms with Gasteiger partial charge >= 0.3 is 0 Å². The van der Waals surface area contributed by atoms with Crippen LogP contribution in [0.15, 0.2) is 90.2 Å². The molecule has 0 aliphatic heterocycles. The quantitative estimate of drug-likeness (QED) is 0.366. The molecule has 0 unspecified atom stereocenters. The Morgan fingerprint density at radius 1 is 1.00 bits per heavy atom. The molecule has 0 aliphatic carbocycles. The lowest BCUT2D eigenvalue weighted by atomic mass is 10.1. The number of carbonyl (C=O) groups excluding carboxylic acids is 1. The summed E-state index contributed by atoms with van der Waals surface area (Å²) in [5.74, 6) is -0.286. The van der Waals surface area contributed by atoms with E-state index in [1.165, 1.54) is 24.3 Å². The zero-order chi connectivity index (χ0) is 20.9. The average Bonchev–Trinajstić information content (AvgIpc) is 3.19. The van der Waals surface area contributed by atoms with E-state index in [1.54, 1.807) is 23.0 Å². The number of rotatable bonds is 5. The molecular weight excluding hydrogens is 400 g/mol. The van der Waals surface area contributed by atoms with E-state index in [0.29, 0.717) is 16.3 Å². The van der Waals surface area contributed by atoms with E-state index in [9.17, 15) is 9.90 Å². The van der Waals surface area contributed by atoms with Crippen molar-refractivity contribution in [3.63, 3.8) is 0 Å².